The lowest BCUT2D eigenvalue weighted by atomic mass is 9.95. The highest BCUT2D eigenvalue weighted by Gasteiger charge is 2.53. The number of nitrogens with one attached hydrogen (secondary N) is 1. The van der Waals surface area contributed by atoms with Crippen LogP contribution in [0.25, 0.3) is 0 Å². The van der Waals surface area contributed by atoms with Gasteiger partial charge in [-0.25, -0.2) is 9.59 Å². The lowest BCUT2D eigenvalue weighted by Crippen LogP contribution is -2.47. The van der Waals surface area contributed by atoms with Gasteiger partial charge in [-0.3, -0.25) is 9.59 Å². The van der Waals surface area contributed by atoms with E-state index in [4.69, 9.17) is 9.47 Å². The largest absolute Gasteiger partial charge is 0.459 e. The molecular formula is C22H28N2O6S2. The summed E-state index contributed by atoms with van der Waals surface area (Å²) in [5.74, 6) is -1.12. The zero-order valence-electron chi connectivity index (χ0n) is 18.5. The fraction of sp³-hybridized carbons (Fsp3) is 0.636. The Labute approximate surface area is 195 Å². The molecule has 174 valence electrons. The van der Waals surface area contributed by atoms with Crippen molar-refractivity contribution in [3.05, 3.63) is 16.0 Å². The van der Waals surface area contributed by atoms with Crippen molar-refractivity contribution in [2.45, 2.75) is 76.3 Å². The second-order valence-corrected chi connectivity index (χ2v) is 11.4. The molecule has 0 spiro atoms. The van der Waals surface area contributed by atoms with Crippen molar-refractivity contribution in [1.82, 2.24) is 4.90 Å². The average Bonchev–Trinajstić information content (AvgIpc) is 3.36. The normalized spacial score (nSPS) is 24.3. The molecule has 2 aliphatic heterocycles. The fourth-order valence-electron chi connectivity index (χ4n) is 4.53. The van der Waals surface area contributed by atoms with Crippen molar-refractivity contribution in [3.63, 3.8) is 0 Å². The Kier molecular flexibility index (Phi) is 6.53. The number of esters is 2. The molecule has 0 unspecified atom stereocenters. The first-order valence-corrected chi connectivity index (χ1v) is 12.8. The second kappa shape index (κ2) is 9.05. The van der Waals surface area contributed by atoms with Crippen LogP contribution >= 0.6 is 23.1 Å². The molecule has 4 rings (SSSR count). The lowest BCUT2D eigenvalue weighted by molar-refractivity contribution is -0.155. The first-order valence-electron chi connectivity index (χ1n) is 11.0. The molecule has 2 amide bonds. The van der Waals surface area contributed by atoms with Gasteiger partial charge in [0.25, 0.3) is 5.91 Å². The van der Waals surface area contributed by atoms with Crippen molar-refractivity contribution in [2.24, 2.45) is 0 Å². The van der Waals surface area contributed by atoms with Gasteiger partial charge in [-0.15, -0.1) is 23.1 Å². The van der Waals surface area contributed by atoms with Crippen LogP contribution in [0.5, 0.6) is 0 Å². The molecule has 10 heteroatoms. The highest BCUT2D eigenvalue weighted by molar-refractivity contribution is 8.01. The van der Waals surface area contributed by atoms with E-state index in [2.05, 4.69) is 5.32 Å². The highest BCUT2D eigenvalue weighted by Crippen LogP contribution is 2.47. The van der Waals surface area contributed by atoms with Gasteiger partial charge >= 0.3 is 11.9 Å². The van der Waals surface area contributed by atoms with Gasteiger partial charge in [-0.05, 0) is 58.4 Å². The number of hydrogen-bond donors (Lipinski definition) is 1. The predicted molar refractivity (Wildman–Crippen MR) is 122 cm³/mol. The third-order valence-corrected chi connectivity index (χ3v) is 8.75. The number of nitrogens with zero attached hydrogens (tertiary/aromatic N) is 1. The Morgan fingerprint density at radius 3 is 2.72 bits per heavy atom. The molecule has 1 aromatic rings. The fourth-order valence-corrected chi connectivity index (χ4v) is 7.24. The predicted octanol–water partition coefficient (Wildman–Crippen LogP) is 3.13. The first kappa shape index (κ1) is 23.1. The van der Waals surface area contributed by atoms with E-state index in [0.717, 1.165) is 36.1 Å². The summed E-state index contributed by atoms with van der Waals surface area (Å²) in [6.45, 7) is 5.05. The van der Waals surface area contributed by atoms with Crippen LogP contribution in [0.1, 0.15) is 67.3 Å². The summed E-state index contributed by atoms with van der Waals surface area (Å²) >= 11 is 2.96. The molecule has 1 aromatic heterocycles. The van der Waals surface area contributed by atoms with Crippen molar-refractivity contribution in [2.75, 3.05) is 17.7 Å². The number of ether oxygens (including phenoxy) is 2. The van der Waals surface area contributed by atoms with Crippen molar-refractivity contribution in [1.29, 1.82) is 0 Å². The van der Waals surface area contributed by atoms with Crippen LogP contribution in [-0.4, -0.2) is 58.0 Å². The minimum Gasteiger partial charge on any atom is -0.459 e. The number of rotatable bonds is 6. The zero-order chi connectivity index (χ0) is 23.0. The number of anilines is 1. The smallest absolute Gasteiger partial charge is 0.341 e. The number of hydrogen-bond acceptors (Lipinski definition) is 8. The van der Waals surface area contributed by atoms with Gasteiger partial charge in [0.1, 0.15) is 11.0 Å². The summed E-state index contributed by atoms with van der Waals surface area (Å²) in [5, 5.41) is 3.19. The van der Waals surface area contributed by atoms with Crippen molar-refractivity contribution >= 4 is 51.9 Å². The molecule has 3 heterocycles. The van der Waals surface area contributed by atoms with Crippen molar-refractivity contribution < 1.29 is 28.7 Å². The number of amides is 2. The third-order valence-electron chi connectivity index (χ3n) is 6.03. The van der Waals surface area contributed by atoms with E-state index in [1.807, 2.05) is 6.92 Å². The van der Waals surface area contributed by atoms with Crippen LogP contribution in [0.4, 0.5) is 5.00 Å². The van der Waals surface area contributed by atoms with E-state index in [-0.39, 0.29) is 16.9 Å². The van der Waals surface area contributed by atoms with Crippen LogP contribution < -0.4 is 5.32 Å². The molecule has 2 atom stereocenters. The van der Waals surface area contributed by atoms with E-state index in [1.54, 1.807) is 30.5 Å². The Morgan fingerprint density at radius 2 is 1.97 bits per heavy atom. The van der Waals surface area contributed by atoms with Gasteiger partial charge in [0.05, 0.1) is 16.5 Å². The van der Waals surface area contributed by atoms with Gasteiger partial charge in [-0.2, -0.15) is 0 Å². The van der Waals surface area contributed by atoms with Crippen LogP contribution in [0.2, 0.25) is 0 Å². The SMILES string of the molecule is CC(C)OC(=O)c1c(NC(=O)COC(=O)[C@@H]2CS[C@]3(C)CCC(=O)N23)sc2c1CCCC2. The molecule has 2 fully saturated rings. The molecule has 1 N–H and O–H groups in total. The number of thiophene rings is 1. The Hall–Kier alpha value is -2.07. The van der Waals surface area contributed by atoms with Crippen LogP contribution in [0.3, 0.4) is 0 Å². The minimum atomic E-state index is -0.668. The van der Waals surface area contributed by atoms with Gasteiger partial charge < -0.3 is 19.7 Å². The minimum absolute atomic E-state index is 0.0543. The Bertz CT molecular complexity index is 958. The number of aryl methyl sites for hydroxylation is 1. The number of thioether (sulfide) groups is 1. The summed E-state index contributed by atoms with van der Waals surface area (Å²) < 4.78 is 10.7. The second-order valence-electron chi connectivity index (χ2n) is 8.79. The van der Waals surface area contributed by atoms with Crippen LogP contribution in [0, 0.1) is 0 Å². The molecule has 3 aliphatic rings. The lowest BCUT2D eigenvalue weighted by Gasteiger charge is -2.29. The molecule has 0 saturated carbocycles. The maximum atomic E-state index is 12.7. The maximum absolute atomic E-state index is 12.7. The molecule has 1 aliphatic carbocycles. The van der Waals surface area contributed by atoms with E-state index in [9.17, 15) is 19.2 Å². The van der Waals surface area contributed by atoms with Gasteiger partial charge in [0.2, 0.25) is 5.91 Å². The summed E-state index contributed by atoms with van der Waals surface area (Å²) in [6.07, 6.45) is 4.55. The van der Waals surface area contributed by atoms with Gasteiger partial charge in [-0.1, -0.05) is 0 Å². The molecule has 0 radical (unpaired) electrons. The van der Waals surface area contributed by atoms with E-state index < -0.39 is 30.5 Å². The summed E-state index contributed by atoms with van der Waals surface area (Å²) in [5.41, 5.74) is 1.37. The quantitative estimate of drug-likeness (QED) is 0.624. The van der Waals surface area contributed by atoms with Gasteiger partial charge in [0, 0.05) is 17.1 Å². The third kappa shape index (κ3) is 4.39. The standard InChI is InChI=1S/C22H28N2O6S2/c1-12(2)30-21(28)18-13-6-4-5-7-15(13)32-19(18)23-16(25)10-29-20(27)14-11-31-22(3)9-8-17(26)24(14)22/h12,14H,4-11H2,1-3H3,(H,23,25)/t14-,22+/m0/s1. The summed E-state index contributed by atoms with van der Waals surface area (Å²) in [4.78, 5) is 52.4. The Balaban J connectivity index is 1.41. The molecule has 8 nitrogen and oxygen atoms in total. The summed E-state index contributed by atoms with van der Waals surface area (Å²) in [6, 6.07) is -0.668. The van der Waals surface area contributed by atoms with E-state index in [1.165, 1.54) is 11.3 Å². The summed E-state index contributed by atoms with van der Waals surface area (Å²) in [7, 11) is 0. The highest BCUT2D eigenvalue weighted by atomic mass is 32.2. The molecule has 32 heavy (non-hydrogen) atoms. The topological polar surface area (TPSA) is 102 Å². The monoisotopic (exact) mass is 480 g/mol. The number of fused-ring (bicyclic) bond motifs is 2. The molecule has 0 bridgehead atoms. The zero-order valence-corrected chi connectivity index (χ0v) is 20.2. The number of carbonyl (C=O) groups is 4. The number of carbonyl (C=O) groups excluding carboxylic acids is 4. The maximum Gasteiger partial charge on any atom is 0.341 e. The van der Waals surface area contributed by atoms with E-state index >= 15 is 0 Å². The van der Waals surface area contributed by atoms with Gasteiger partial charge in [0.15, 0.2) is 6.61 Å². The molecule has 0 aromatic carbocycles. The van der Waals surface area contributed by atoms with Crippen LogP contribution in [-0.2, 0) is 36.7 Å². The van der Waals surface area contributed by atoms with Crippen molar-refractivity contribution in [3.8, 4) is 0 Å². The van der Waals surface area contributed by atoms with E-state index in [0.29, 0.717) is 29.2 Å². The van der Waals surface area contributed by atoms with Crippen LogP contribution in [0.15, 0.2) is 0 Å². The average molecular weight is 481 g/mol. The molecule has 2 saturated heterocycles. The Morgan fingerprint density at radius 1 is 1.22 bits per heavy atom. The molecular weight excluding hydrogens is 452 g/mol. The first-order chi connectivity index (χ1) is 15.2.